The summed E-state index contributed by atoms with van der Waals surface area (Å²) in [7, 11) is 0. The summed E-state index contributed by atoms with van der Waals surface area (Å²) in [6.07, 6.45) is 1.75. The Balaban J connectivity index is 1.53. The Hall–Kier alpha value is -1.30. The lowest BCUT2D eigenvalue weighted by Gasteiger charge is -2.33. The van der Waals surface area contributed by atoms with E-state index < -0.39 is 0 Å². The van der Waals surface area contributed by atoms with Crippen LogP contribution < -0.4 is 5.32 Å². The summed E-state index contributed by atoms with van der Waals surface area (Å²) in [5, 5.41) is 3.63. The topological polar surface area (TPSA) is 50.8 Å². The molecular weight excluding hydrogens is 304 g/mol. The Morgan fingerprint density at radius 3 is 2.59 bits per heavy atom. The molecule has 3 rings (SSSR count). The molecule has 0 spiro atoms. The van der Waals surface area contributed by atoms with Gasteiger partial charge in [0.05, 0.1) is 13.2 Å². The lowest BCUT2D eigenvalue weighted by molar-refractivity contribution is -0.0950. The second kappa shape index (κ2) is 6.86. The molecule has 120 valence electrons. The minimum absolute atomic E-state index is 0.0582. The highest BCUT2D eigenvalue weighted by atomic mass is 35.5. The maximum absolute atomic E-state index is 12.4. The first-order chi connectivity index (χ1) is 10.6. The van der Waals surface area contributed by atoms with Crippen molar-refractivity contribution in [2.75, 3.05) is 31.6 Å². The van der Waals surface area contributed by atoms with Crippen LogP contribution in [0.5, 0.6) is 0 Å². The smallest absolute Gasteiger partial charge is 0.321 e. The maximum atomic E-state index is 12.4. The van der Waals surface area contributed by atoms with Gasteiger partial charge < -0.3 is 19.7 Å². The van der Waals surface area contributed by atoms with Crippen molar-refractivity contribution in [3.05, 3.63) is 28.8 Å². The van der Waals surface area contributed by atoms with Gasteiger partial charge in [0.15, 0.2) is 6.29 Å². The number of benzene rings is 1. The number of nitrogens with zero attached hydrogens (tertiary/aromatic N) is 1. The Kier molecular flexibility index (Phi) is 4.86. The first kappa shape index (κ1) is 15.6. The van der Waals surface area contributed by atoms with E-state index in [1.165, 1.54) is 0 Å². The number of ether oxygens (including phenoxy) is 2. The van der Waals surface area contributed by atoms with Crippen LogP contribution in [0.2, 0.25) is 5.02 Å². The number of aryl methyl sites for hydroxylation is 1. The third-order valence-corrected chi connectivity index (χ3v) is 4.52. The Labute approximate surface area is 135 Å². The fourth-order valence-corrected chi connectivity index (χ4v) is 3.21. The number of hydrogen-bond acceptors (Lipinski definition) is 3. The van der Waals surface area contributed by atoms with Crippen LogP contribution in [0, 0.1) is 12.8 Å². The number of hydrogen-bond donors (Lipinski definition) is 1. The third-order valence-electron chi connectivity index (χ3n) is 4.29. The lowest BCUT2D eigenvalue weighted by atomic mass is 9.96. The summed E-state index contributed by atoms with van der Waals surface area (Å²) < 4.78 is 11.1. The highest BCUT2D eigenvalue weighted by molar-refractivity contribution is 6.30. The summed E-state index contributed by atoms with van der Waals surface area (Å²) in [6, 6.07) is 5.41. The minimum atomic E-state index is -0.0799. The number of nitrogens with one attached hydrogen (secondary N) is 1. The fourth-order valence-electron chi connectivity index (χ4n) is 2.99. The summed E-state index contributed by atoms with van der Waals surface area (Å²) >= 11 is 5.93. The zero-order chi connectivity index (χ0) is 15.5. The Bertz CT molecular complexity index is 538. The molecule has 0 atom stereocenters. The van der Waals surface area contributed by atoms with E-state index in [1.54, 1.807) is 6.07 Å². The van der Waals surface area contributed by atoms with Gasteiger partial charge in [-0.25, -0.2) is 4.79 Å². The summed E-state index contributed by atoms with van der Waals surface area (Å²) in [5.41, 5.74) is 1.77. The van der Waals surface area contributed by atoms with Gasteiger partial charge in [-0.3, -0.25) is 0 Å². The first-order valence-electron chi connectivity index (χ1n) is 7.69. The maximum Gasteiger partial charge on any atom is 0.321 e. The molecule has 0 bridgehead atoms. The standard InChI is InChI=1S/C16H21ClN2O3/c1-11-10-13(17)2-3-14(11)18-16(20)19-6-4-12(5-7-19)15-21-8-9-22-15/h2-3,10,12,15H,4-9H2,1H3,(H,18,20). The number of carbonyl (C=O) groups is 1. The lowest BCUT2D eigenvalue weighted by Crippen LogP contribution is -2.43. The molecule has 2 amide bonds. The van der Waals surface area contributed by atoms with Crippen LogP contribution >= 0.6 is 11.6 Å². The van der Waals surface area contributed by atoms with E-state index in [1.807, 2.05) is 24.0 Å². The average molecular weight is 325 g/mol. The van der Waals surface area contributed by atoms with Gasteiger partial charge in [0.25, 0.3) is 0 Å². The SMILES string of the molecule is Cc1cc(Cl)ccc1NC(=O)N1CCC(C2OCCO2)CC1. The second-order valence-corrected chi connectivity index (χ2v) is 6.26. The second-order valence-electron chi connectivity index (χ2n) is 5.82. The molecule has 1 aromatic carbocycles. The molecule has 1 aromatic rings. The normalized spacial score (nSPS) is 20.4. The molecule has 2 heterocycles. The first-order valence-corrected chi connectivity index (χ1v) is 8.06. The van der Waals surface area contributed by atoms with E-state index in [4.69, 9.17) is 21.1 Å². The van der Waals surface area contributed by atoms with Gasteiger partial charge >= 0.3 is 6.03 Å². The highest BCUT2D eigenvalue weighted by Crippen LogP contribution is 2.26. The number of rotatable bonds is 2. The predicted octanol–water partition coefficient (Wildman–Crippen LogP) is 3.27. The van der Waals surface area contributed by atoms with Gasteiger partial charge in [-0.15, -0.1) is 0 Å². The molecular formula is C16H21ClN2O3. The van der Waals surface area contributed by atoms with Crippen molar-refractivity contribution in [3.63, 3.8) is 0 Å². The zero-order valence-corrected chi connectivity index (χ0v) is 13.4. The summed E-state index contributed by atoms with van der Waals surface area (Å²) in [5.74, 6) is 0.392. The summed E-state index contributed by atoms with van der Waals surface area (Å²) in [6.45, 7) is 4.75. The van der Waals surface area contributed by atoms with Crippen LogP contribution in [-0.2, 0) is 9.47 Å². The fraction of sp³-hybridized carbons (Fsp3) is 0.562. The summed E-state index contributed by atoms with van der Waals surface area (Å²) in [4.78, 5) is 14.2. The molecule has 1 N–H and O–H groups in total. The van der Waals surface area contributed by atoms with Gasteiger partial charge in [0.1, 0.15) is 0 Å². The van der Waals surface area contributed by atoms with E-state index in [9.17, 15) is 4.79 Å². The van der Waals surface area contributed by atoms with Crippen molar-refractivity contribution in [2.24, 2.45) is 5.92 Å². The largest absolute Gasteiger partial charge is 0.350 e. The van der Waals surface area contributed by atoms with Gasteiger partial charge in [-0.2, -0.15) is 0 Å². The van der Waals surface area contributed by atoms with Gasteiger partial charge in [0.2, 0.25) is 0 Å². The number of amides is 2. The van der Waals surface area contributed by atoms with E-state index in [2.05, 4.69) is 5.32 Å². The van der Waals surface area contributed by atoms with Crippen LogP contribution in [0.4, 0.5) is 10.5 Å². The number of urea groups is 1. The van der Waals surface area contributed by atoms with Crippen molar-refractivity contribution in [2.45, 2.75) is 26.1 Å². The molecule has 0 aromatic heterocycles. The van der Waals surface area contributed by atoms with Crippen LogP contribution in [0.1, 0.15) is 18.4 Å². The van der Waals surface area contributed by atoms with Gasteiger partial charge in [0, 0.05) is 29.7 Å². The molecule has 0 aliphatic carbocycles. The molecule has 2 aliphatic heterocycles. The average Bonchev–Trinajstić information content (AvgIpc) is 3.04. The van der Waals surface area contributed by atoms with Crippen LogP contribution in [0.15, 0.2) is 18.2 Å². The quantitative estimate of drug-likeness (QED) is 0.908. The molecule has 22 heavy (non-hydrogen) atoms. The van der Waals surface area contributed by atoms with Crippen molar-refractivity contribution < 1.29 is 14.3 Å². The number of likely N-dealkylation sites (tertiary alicyclic amines) is 1. The van der Waals surface area contributed by atoms with Crippen LogP contribution in [0.3, 0.4) is 0 Å². The molecule has 2 aliphatic rings. The Morgan fingerprint density at radius 2 is 1.95 bits per heavy atom. The molecule has 2 fully saturated rings. The van der Waals surface area contributed by atoms with Crippen molar-refractivity contribution in [3.8, 4) is 0 Å². The van der Waals surface area contributed by atoms with Crippen molar-refractivity contribution >= 4 is 23.3 Å². The third kappa shape index (κ3) is 3.54. The minimum Gasteiger partial charge on any atom is -0.350 e. The Morgan fingerprint density at radius 1 is 1.27 bits per heavy atom. The number of halogens is 1. The van der Waals surface area contributed by atoms with E-state index in [-0.39, 0.29) is 12.3 Å². The van der Waals surface area contributed by atoms with E-state index in [0.29, 0.717) is 24.2 Å². The van der Waals surface area contributed by atoms with Crippen molar-refractivity contribution in [1.82, 2.24) is 4.90 Å². The van der Waals surface area contributed by atoms with E-state index >= 15 is 0 Å². The predicted molar refractivity (Wildman–Crippen MR) is 85.2 cm³/mol. The molecule has 0 unspecified atom stereocenters. The molecule has 5 nitrogen and oxygen atoms in total. The molecule has 6 heteroatoms. The van der Waals surface area contributed by atoms with E-state index in [0.717, 1.165) is 37.2 Å². The van der Waals surface area contributed by atoms with Crippen LogP contribution in [0.25, 0.3) is 0 Å². The van der Waals surface area contributed by atoms with Crippen LogP contribution in [-0.4, -0.2) is 43.5 Å². The molecule has 0 radical (unpaired) electrons. The molecule has 0 saturated carbocycles. The number of piperidine rings is 1. The highest BCUT2D eigenvalue weighted by Gasteiger charge is 2.31. The van der Waals surface area contributed by atoms with Gasteiger partial charge in [-0.1, -0.05) is 11.6 Å². The van der Waals surface area contributed by atoms with Gasteiger partial charge in [-0.05, 0) is 43.5 Å². The number of anilines is 1. The number of carbonyl (C=O) groups excluding carboxylic acids is 1. The zero-order valence-electron chi connectivity index (χ0n) is 12.7. The van der Waals surface area contributed by atoms with Crippen molar-refractivity contribution in [1.29, 1.82) is 0 Å². The molecule has 2 saturated heterocycles. The monoisotopic (exact) mass is 324 g/mol.